The number of urea groups is 1. The summed E-state index contributed by atoms with van der Waals surface area (Å²) in [6.07, 6.45) is 2.08. The normalized spacial score (nSPS) is 17.6. The number of likely N-dealkylation sites (tertiary alicyclic amines) is 1. The van der Waals surface area contributed by atoms with Crippen molar-refractivity contribution in [3.8, 4) is 0 Å². The number of piperidine rings is 1. The Morgan fingerprint density at radius 2 is 1.75 bits per heavy atom. The maximum Gasteiger partial charge on any atom is 0.320 e. The van der Waals surface area contributed by atoms with Crippen molar-refractivity contribution in [2.24, 2.45) is 5.92 Å². The van der Waals surface area contributed by atoms with E-state index >= 15 is 0 Å². The van der Waals surface area contributed by atoms with Gasteiger partial charge in [-0.3, -0.25) is 0 Å². The van der Waals surface area contributed by atoms with Gasteiger partial charge in [0.2, 0.25) is 0 Å². The van der Waals surface area contributed by atoms with Gasteiger partial charge in [0.15, 0.2) is 0 Å². The van der Waals surface area contributed by atoms with Gasteiger partial charge in [0.05, 0.1) is 13.2 Å². The third kappa shape index (κ3) is 3.64. The van der Waals surface area contributed by atoms with E-state index in [0.717, 1.165) is 25.9 Å². The van der Waals surface area contributed by atoms with Crippen LogP contribution in [0, 0.1) is 5.92 Å². The highest BCUT2D eigenvalue weighted by molar-refractivity contribution is 5.74. The molecule has 94 valence electrons. The van der Waals surface area contributed by atoms with Crippen LogP contribution in [0.3, 0.4) is 0 Å². The molecule has 0 bridgehead atoms. The van der Waals surface area contributed by atoms with Gasteiger partial charge < -0.3 is 20.0 Å². The molecule has 1 rings (SSSR count). The van der Waals surface area contributed by atoms with Crippen LogP contribution in [0.2, 0.25) is 0 Å². The van der Waals surface area contributed by atoms with Crippen LogP contribution in [-0.4, -0.2) is 65.4 Å². The Morgan fingerprint density at radius 3 is 2.19 bits per heavy atom. The fraction of sp³-hybridized carbons (Fsp3) is 0.909. The largest absolute Gasteiger partial charge is 0.395 e. The van der Waals surface area contributed by atoms with Crippen LogP contribution in [0.4, 0.5) is 4.79 Å². The van der Waals surface area contributed by atoms with E-state index in [-0.39, 0.29) is 19.2 Å². The Labute approximate surface area is 96.7 Å². The van der Waals surface area contributed by atoms with Gasteiger partial charge >= 0.3 is 6.03 Å². The number of amides is 2. The molecule has 0 atom stereocenters. The lowest BCUT2D eigenvalue weighted by molar-refractivity contribution is 0.114. The first kappa shape index (κ1) is 13.3. The molecular weight excluding hydrogens is 208 g/mol. The molecule has 0 aromatic carbocycles. The van der Waals surface area contributed by atoms with E-state index in [9.17, 15) is 4.79 Å². The molecule has 0 aromatic rings. The lowest BCUT2D eigenvalue weighted by Crippen LogP contribution is -2.48. The summed E-state index contributed by atoms with van der Waals surface area (Å²) in [7, 11) is 0. The Kier molecular flexibility index (Phi) is 5.55. The number of aliphatic hydroxyl groups excluding tert-OH is 2. The van der Waals surface area contributed by atoms with Gasteiger partial charge in [-0.05, 0) is 18.8 Å². The van der Waals surface area contributed by atoms with Crippen LogP contribution in [-0.2, 0) is 0 Å². The average Bonchev–Trinajstić information content (AvgIpc) is 2.29. The SMILES string of the molecule is CC1CCN(C(=O)N(CCO)CCO)CC1. The van der Waals surface area contributed by atoms with Crippen molar-refractivity contribution in [1.29, 1.82) is 0 Å². The van der Waals surface area contributed by atoms with Crippen LogP contribution < -0.4 is 0 Å². The third-order valence-corrected chi connectivity index (χ3v) is 3.06. The second-order valence-electron chi connectivity index (χ2n) is 4.39. The number of aliphatic hydroxyl groups is 2. The van der Waals surface area contributed by atoms with Gasteiger partial charge in [-0.15, -0.1) is 0 Å². The zero-order chi connectivity index (χ0) is 12.0. The molecule has 1 heterocycles. The zero-order valence-corrected chi connectivity index (χ0v) is 9.93. The molecule has 0 saturated carbocycles. The molecule has 1 fully saturated rings. The first-order valence-electron chi connectivity index (χ1n) is 5.94. The number of hydrogen-bond acceptors (Lipinski definition) is 3. The van der Waals surface area contributed by atoms with Crippen LogP contribution in [0.15, 0.2) is 0 Å². The highest BCUT2D eigenvalue weighted by Crippen LogP contribution is 2.17. The molecule has 2 N–H and O–H groups in total. The van der Waals surface area contributed by atoms with Crippen molar-refractivity contribution in [3.05, 3.63) is 0 Å². The van der Waals surface area contributed by atoms with E-state index in [2.05, 4.69) is 6.92 Å². The number of carbonyl (C=O) groups is 1. The molecule has 0 unspecified atom stereocenters. The summed E-state index contributed by atoms with van der Waals surface area (Å²) >= 11 is 0. The molecule has 1 aliphatic rings. The van der Waals surface area contributed by atoms with E-state index < -0.39 is 0 Å². The van der Waals surface area contributed by atoms with Crippen LogP contribution in [0.25, 0.3) is 0 Å². The molecule has 2 amide bonds. The van der Waals surface area contributed by atoms with E-state index in [1.807, 2.05) is 4.90 Å². The van der Waals surface area contributed by atoms with Gasteiger partial charge in [0, 0.05) is 26.2 Å². The minimum absolute atomic E-state index is 0.0595. The maximum atomic E-state index is 12.0. The van der Waals surface area contributed by atoms with Crippen molar-refractivity contribution in [3.63, 3.8) is 0 Å². The number of nitrogens with zero attached hydrogens (tertiary/aromatic N) is 2. The first-order valence-corrected chi connectivity index (χ1v) is 5.94. The van der Waals surface area contributed by atoms with Crippen LogP contribution >= 0.6 is 0 Å². The molecule has 1 aliphatic heterocycles. The Morgan fingerprint density at radius 1 is 1.25 bits per heavy atom. The van der Waals surface area contributed by atoms with E-state index in [1.165, 1.54) is 4.90 Å². The summed E-state index contributed by atoms with van der Waals surface area (Å²) in [4.78, 5) is 15.3. The molecule has 0 aliphatic carbocycles. The van der Waals surface area contributed by atoms with Crippen molar-refractivity contribution in [1.82, 2.24) is 9.80 Å². The second kappa shape index (κ2) is 6.70. The maximum absolute atomic E-state index is 12.0. The highest BCUT2D eigenvalue weighted by Gasteiger charge is 2.23. The number of rotatable bonds is 4. The summed E-state index contributed by atoms with van der Waals surface area (Å²) in [6, 6.07) is -0.0602. The lowest BCUT2D eigenvalue weighted by atomic mass is 10.00. The van der Waals surface area contributed by atoms with Gasteiger partial charge in [0.1, 0.15) is 0 Å². The highest BCUT2D eigenvalue weighted by atomic mass is 16.3. The van der Waals surface area contributed by atoms with Gasteiger partial charge in [-0.25, -0.2) is 4.79 Å². The number of hydrogen-bond donors (Lipinski definition) is 2. The topological polar surface area (TPSA) is 64.0 Å². The zero-order valence-electron chi connectivity index (χ0n) is 9.93. The monoisotopic (exact) mass is 230 g/mol. The fourth-order valence-electron chi connectivity index (χ4n) is 1.94. The summed E-state index contributed by atoms with van der Waals surface area (Å²) in [6.45, 7) is 4.24. The summed E-state index contributed by atoms with van der Waals surface area (Å²) in [5.74, 6) is 0.688. The van der Waals surface area contributed by atoms with Crippen molar-refractivity contribution in [2.45, 2.75) is 19.8 Å². The predicted molar refractivity (Wildman–Crippen MR) is 61.1 cm³/mol. The van der Waals surface area contributed by atoms with E-state index in [1.54, 1.807) is 0 Å². The lowest BCUT2D eigenvalue weighted by Gasteiger charge is -2.34. The average molecular weight is 230 g/mol. The minimum atomic E-state index is -0.0602. The molecule has 5 nitrogen and oxygen atoms in total. The quantitative estimate of drug-likeness (QED) is 0.721. The molecular formula is C11H22N2O3. The standard InChI is InChI=1S/C11H22N2O3/c1-10-2-4-12(5-3-10)11(16)13(6-8-14)7-9-15/h10,14-15H,2-9H2,1H3. The molecule has 1 saturated heterocycles. The third-order valence-electron chi connectivity index (χ3n) is 3.06. The van der Waals surface area contributed by atoms with Crippen molar-refractivity contribution >= 4 is 6.03 Å². The van der Waals surface area contributed by atoms with Crippen molar-refractivity contribution < 1.29 is 15.0 Å². The second-order valence-corrected chi connectivity index (χ2v) is 4.39. The summed E-state index contributed by atoms with van der Waals surface area (Å²) in [5, 5.41) is 17.7. The molecule has 0 aromatic heterocycles. The van der Waals surface area contributed by atoms with Gasteiger partial charge in [-0.2, -0.15) is 0 Å². The Hall–Kier alpha value is -0.810. The summed E-state index contributed by atoms with van der Waals surface area (Å²) in [5.41, 5.74) is 0. The predicted octanol–water partition coefficient (Wildman–Crippen LogP) is 0.125. The molecule has 5 heteroatoms. The van der Waals surface area contributed by atoms with Crippen LogP contribution in [0.5, 0.6) is 0 Å². The number of carbonyl (C=O) groups excluding carboxylic acids is 1. The smallest absolute Gasteiger partial charge is 0.320 e. The Bertz CT molecular complexity index is 209. The molecule has 16 heavy (non-hydrogen) atoms. The van der Waals surface area contributed by atoms with E-state index in [4.69, 9.17) is 10.2 Å². The van der Waals surface area contributed by atoms with Crippen LogP contribution in [0.1, 0.15) is 19.8 Å². The first-order chi connectivity index (χ1) is 7.69. The molecule has 0 spiro atoms. The Balaban J connectivity index is 2.46. The summed E-state index contributed by atoms with van der Waals surface area (Å²) < 4.78 is 0. The molecule has 0 radical (unpaired) electrons. The van der Waals surface area contributed by atoms with Gasteiger partial charge in [-0.1, -0.05) is 6.92 Å². The van der Waals surface area contributed by atoms with Gasteiger partial charge in [0.25, 0.3) is 0 Å². The minimum Gasteiger partial charge on any atom is -0.395 e. The van der Waals surface area contributed by atoms with Crippen molar-refractivity contribution in [2.75, 3.05) is 39.4 Å². The fourth-order valence-corrected chi connectivity index (χ4v) is 1.94. The van der Waals surface area contributed by atoms with E-state index in [0.29, 0.717) is 19.0 Å².